The first-order valence-corrected chi connectivity index (χ1v) is 7.24. The van der Waals surface area contributed by atoms with Gasteiger partial charge in [0, 0.05) is 11.6 Å². The molecule has 3 aromatic rings. The first-order valence-electron chi connectivity index (χ1n) is 7.24. The van der Waals surface area contributed by atoms with Crippen LogP contribution in [0.25, 0.3) is 11.3 Å². The molecule has 1 aromatic carbocycles. The fourth-order valence-corrected chi connectivity index (χ4v) is 2.22. The molecule has 24 heavy (non-hydrogen) atoms. The van der Waals surface area contributed by atoms with Crippen LogP contribution in [0.4, 0.5) is 0 Å². The van der Waals surface area contributed by atoms with Gasteiger partial charge in [0.15, 0.2) is 11.5 Å². The lowest BCUT2D eigenvalue weighted by molar-refractivity contribution is 0.0840. The summed E-state index contributed by atoms with van der Waals surface area (Å²) >= 11 is 0. The van der Waals surface area contributed by atoms with Gasteiger partial charge in [-0.15, -0.1) is 0 Å². The zero-order valence-electron chi connectivity index (χ0n) is 13.1. The summed E-state index contributed by atoms with van der Waals surface area (Å²) in [7, 11) is 0. The van der Waals surface area contributed by atoms with E-state index in [9.17, 15) is 9.59 Å². The van der Waals surface area contributed by atoms with E-state index in [1.54, 1.807) is 19.9 Å². The number of nitrogens with zero attached hydrogens (tertiary/aromatic N) is 1. The van der Waals surface area contributed by atoms with E-state index >= 15 is 0 Å². The molecule has 0 aliphatic carbocycles. The second kappa shape index (κ2) is 6.41. The van der Waals surface area contributed by atoms with E-state index < -0.39 is 11.8 Å². The maximum Gasteiger partial charge on any atom is 0.291 e. The van der Waals surface area contributed by atoms with Crippen LogP contribution in [0.5, 0.6) is 0 Å². The summed E-state index contributed by atoms with van der Waals surface area (Å²) in [6.45, 7) is 3.41. The SMILES string of the molecule is Cc1cc(C(=O)NNC(=O)c2cc(-c3ccccc3)on2)c(C)o1. The Morgan fingerprint density at radius 2 is 1.71 bits per heavy atom. The quantitative estimate of drug-likeness (QED) is 0.721. The average Bonchev–Trinajstić information content (AvgIpc) is 3.20. The predicted octanol–water partition coefficient (Wildman–Crippen LogP) is 2.63. The fourth-order valence-electron chi connectivity index (χ4n) is 2.22. The van der Waals surface area contributed by atoms with Crippen molar-refractivity contribution in [2.24, 2.45) is 0 Å². The Hall–Kier alpha value is -3.35. The van der Waals surface area contributed by atoms with Crippen LogP contribution in [0.3, 0.4) is 0 Å². The van der Waals surface area contributed by atoms with Crippen molar-refractivity contribution in [1.29, 1.82) is 0 Å². The molecule has 122 valence electrons. The largest absolute Gasteiger partial charge is 0.466 e. The number of hydrazine groups is 1. The molecule has 2 N–H and O–H groups in total. The van der Waals surface area contributed by atoms with Gasteiger partial charge < -0.3 is 8.94 Å². The van der Waals surface area contributed by atoms with Crippen LogP contribution in [0.2, 0.25) is 0 Å². The van der Waals surface area contributed by atoms with Crippen LogP contribution >= 0.6 is 0 Å². The molecule has 0 spiro atoms. The Bertz CT molecular complexity index is 880. The smallest absolute Gasteiger partial charge is 0.291 e. The summed E-state index contributed by atoms with van der Waals surface area (Å²) in [5, 5.41) is 3.71. The molecule has 0 aliphatic rings. The highest BCUT2D eigenvalue weighted by Gasteiger charge is 2.17. The number of amides is 2. The van der Waals surface area contributed by atoms with Gasteiger partial charge in [0.05, 0.1) is 5.56 Å². The molecule has 0 saturated heterocycles. The molecular weight excluding hydrogens is 310 g/mol. The minimum absolute atomic E-state index is 0.0641. The van der Waals surface area contributed by atoms with Gasteiger partial charge in [0.1, 0.15) is 11.5 Å². The Kier molecular flexibility index (Phi) is 4.15. The van der Waals surface area contributed by atoms with E-state index in [1.807, 2.05) is 30.3 Å². The third kappa shape index (κ3) is 3.19. The van der Waals surface area contributed by atoms with Crippen molar-refractivity contribution in [3.63, 3.8) is 0 Å². The van der Waals surface area contributed by atoms with Crippen molar-refractivity contribution < 1.29 is 18.5 Å². The summed E-state index contributed by atoms with van der Waals surface area (Å²) in [5.41, 5.74) is 5.84. The topological polar surface area (TPSA) is 97.4 Å². The molecule has 2 amide bonds. The van der Waals surface area contributed by atoms with Gasteiger partial charge in [-0.1, -0.05) is 35.5 Å². The number of aryl methyl sites for hydroxylation is 2. The molecular formula is C17H15N3O4. The van der Waals surface area contributed by atoms with Crippen molar-refractivity contribution in [3.8, 4) is 11.3 Å². The van der Waals surface area contributed by atoms with Gasteiger partial charge in [0.25, 0.3) is 11.8 Å². The zero-order chi connectivity index (χ0) is 17.1. The monoisotopic (exact) mass is 325 g/mol. The second-order valence-corrected chi connectivity index (χ2v) is 5.18. The molecule has 0 unspecified atom stereocenters. The Balaban J connectivity index is 1.64. The van der Waals surface area contributed by atoms with Crippen molar-refractivity contribution in [2.75, 3.05) is 0 Å². The summed E-state index contributed by atoms with van der Waals surface area (Å²) in [6.07, 6.45) is 0. The summed E-state index contributed by atoms with van der Waals surface area (Å²) in [6, 6.07) is 12.4. The molecule has 0 atom stereocenters. The summed E-state index contributed by atoms with van der Waals surface area (Å²) < 4.78 is 10.4. The standard InChI is InChI=1S/C17H15N3O4/c1-10-8-13(11(2)23-10)16(21)18-19-17(22)14-9-15(24-20-14)12-6-4-3-5-7-12/h3-9H,1-2H3,(H,18,21)(H,19,22). The third-order valence-electron chi connectivity index (χ3n) is 3.38. The highest BCUT2D eigenvalue weighted by atomic mass is 16.5. The molecule has 7 heteroatoms. The number of furan rings is 1. The molecule has 0 saturated carbocycles. The zero-order valence-corrected chi connectivity index (χ0v) is 13.1. The van der Waals surface area contributed by atoms with Gasteiger partial charge >= 0.3 is 0 Å². The van der Waals surface area contributed by atoms with Crippen molar-refractivity contribution in [3.05, 3.63) is 65.2 Å². The first kappa shape index (κ1) is 15.5. The lowest BCUT2D eigenvalue weighted by Gasteiger charge is -2.04. The fraction of sp³-hybridized carbons (Fsp3) is 0.118. The van der Waals surface area contributed by atoms with Gasteiger partial charge in [-0.05, 0) is 19.9 Å². The number of carbonyl (C=O) groups excluding carboxylic acids is 2. The lowest BCUT2D eigenvalue weighted by atomic mass is 10.1. The number of hydrogen-bond acceptors (Lipinski definition) is 5. The summed E-state index contributed by atoms with van der Waals surface area (Å²) in [5.74, 6) is 0.519. The van der Waals surface area contributed by atoms with Crippen molar-refractivity contribution in [1.82, 2.24) is 16.0 Å². The maximum atomic E-state index is 12.0. The molecule has 7 nitrogen and oxygen atoms in total. The van der Waals surface area contributed by atoms with E-state index in [1.165, 1.54) is 6.07 Å². The van der Waals surface area contributed by atoms with E-state index in [4.69, 9.17) is 8.94 Å². The molecule has 3 rings (SSSR count). The minimum atomic E-state index is -0.577. The van der Waals surface area contributed by atoms with Crippen LogP contribution < -0.4 is 10.9 Å². The third-order valence-corrected chi connectivity index (χ3v) is 3.38. The van der Waals surface area contributed by atoms with Crippen molar-refractivity contribution in [2.45, 2.75) is 13.8 Å². The number of rotatable bonds is 3. The number of benzene rings is 1. The van der Waals surface area contributed by atoms with Crippen LogP contribution in [0.15, 0.2) is 51.4 Å². The second-order valence-electron chi connectivity index (χ2n) is 5.18. The van der Waals surface area contributed by atoms with E-state index in [2.05, 4.69) is 16.0 Å². The summed E-state index contributed by atoms with van der Waals surface area (Å²) in [4.78, 5) is 24.1. The lowest BCUT2D eigenvalue weighted by Crippen LogP contribution is -2.41. The average molecular weight is 325 g/mol. The van der Waals surface area contributed by atoms with Crippen LogP contribution in [0.1, 0.15) is 32.4 Å². The molecule has 2 aromatic heterocycles. The Labute approximate surface area is 137 Å². The van der Waals surface area contributed by atoms with E-state index in [-0.39, 0.29) is 5.69 Å². The van der Waals surface area contributed by atoms with Crippen molar-refractivity contribution >= 4 is 11.8 Å². The Morgan fingerprint density at radius 3 is 2.38 bits per heavy atom. The normalized spacial score (nSPS) is 10.4. The Morgan fingerprint density at radius 1 is 1.00 bits per heavy atom. The maximum absolute atomic E-state index is 12.0. The number of hydrogen-bond donors (Lipinski definition) is 2. The number of aromatic nitrogens is 1. The van der Waals surface area contributed by atoms with Crippen LogP contribution in [-0.2, 0) is 0 Å². The molecule has 0 bridgehead atoms. The minimum Gasteiger partial charge on any atom is -0.466 e. The molecule has 0 aliphatic heterocycles. The first-order chi connectivity index (χ1) is 11.5. The van der Waals surface area contributed by atoms with Gasteiger partial charge in [-0.25, -0.2) is 0 Å². The van der Waals surface area contributed by atoms with E-state index in [0.717, 1.165) is 5.56 Å². The molecule has 2 heterocycles. The van der Waals surface area contributed by atoms with Crippen LogP contribution in [-0.4, -0.2) is 17.0 Å². The number of nitrogens with one attached hydrogen (secondary N) is 2. The molecule has 0 fully saturated rings. The highest BCUT2D eigenvalue weighted by molar-refractivity contribution is 5.99. The molecule has 0 radical (unpaired) electrons. The van der Waals surface area contributed by atoms with Gasteiger partial charge in [-0.2, -0.15) is 0 Å². The van der Waals surface area contributed by atoms with Gasteiger partial charge in [0.2, 0.25) is 0 Å². The highest BCUT2D eigenvalue weighted by Crippen LogP contribution is 2.19. The number of carbonyl (C=O) groups is 2. The van der Waals surface area contributed by atoms with E-state index in [0.29, 0.717) is 22.8 Å². The van der Waals surface area contributed by atoms with Crippen LogP contribution in [0, 0.1) is 13.8 Å². The van der Waals surface area contributed by atoms with Gasteiger partial charge in [-0.3, -0.25) is 20.4 Å². The predicted molar refractivity (Wildman–Crippen MR) is 85.1 cm³/mol.